The van der Waals surface area contributed by atoms with Crippen LogP contribution in [-0.2, 0) is 15.9 Å². The van der Waals surface area contributed by atoms with Crippen molar-refractivity contribution >= 4 is 6.03 Å². The Labute approximate surface area is 161 Å². The van der Waals surface area contributed by atoms with Gasteiger partial charge in [-0.25, -0.2) is 4.79 Å². The first-order valence-corrected chi connectivity index (χ1v) is 10.5. The summed E-state index contributed by atoms with van der Waals surface area (Å²) in [6.45, 7) is 6.23. The van der Waals surface area contributed by atoms with E-state index in [0.717, 1.165) is 19.3 Å². The van der Waals surface area contributed by atoms with E-state index in [1.54, 1.807) is 0 Å². The predicted octanol–water partition coefficient (Wildman–Crippen LogP) is 3.08. The highest BCUT2D eigenvalue weighted by molar-refractivity contribution is 5.76. The third-order valence-electron chi connectivity index (χ3n) is 6.93. The van der Waals surface area contributed by atoms with Gasteiger partial charge in [-0.15, -0.1) is 0 Å². The third kappa shape index (κ3) is 3.15. The molecule has 1 saturated carbocycles. The van der Waals surface area contributed by atoms with Crippen LogP contribution in [0.1, 0.15) is 50.2 Å². The van der Waals surface area contributed by atoms with E-state index in [4.69, 9.17) is 9.47 Å². The van der Waals surface area contributed by atoms with Crippen molar-refractivity contribution in [2.24, 2.45) is 5.92 Å². The van der Waals surface area contributed by atoms with E-state index in [0.29, 0.717) is 37.6 Å². The zero-order chi connectivity index (χ0) is 18.6. The average Bonchev–Trinajstić information content (AvgIpc) is 3.34. The Hall–Kier alpha value is -1.59. The van der Waals surface area contributed by atoms with E-state index in [1.807, 2.05) is 4.90 Å². The monoisotopic (exact) mass is 370 g/mol. The van der Waals surface area contributed by atoms with Crippen LogP contribution in [-0.4, -0.2) is 54.5 Å². The van der Waals surface area contributed by atoms with Crippen molar-refractivity contribution < 1.29 is 14.3 Å². The van der Waals surface area contributed by atoms with Crippen molar-refractivity contribution in [1.29, 1.82) is 0 Å². The summed E-state index contributed by atoms with van der Waals surface area (Å²) in [5.41, 5.74) is 2.67. The van der Waals surface area contributed by atoms with Gasteiger partial charge in [0.1, 0.15) is 0 Å². The van der Waals surface area contributed by atoms with Gasteiger partial charge in [-0.05, 0) is 43.7 Å². The molecule has 0 radical (unpaired) electrons. The number of nitrogens with zero attached hydrogens (tertiary/aromatic N) is 1. The number of hydrogen-bond donors (Lipinski definition) is 1. The van der Waals surface area contributed by atoms with Crippen LogP contribution in [0.4, 0.5) is 4.79 Å². The maximum absolute atomic E-state index is 13.1. The van der Waals surface area contributed by atoms with Crippen molar-refractivity contribution in [2.75, 3.05) is 19.7 Å². The van der Waals surface area contributed by atoms with Gasteiger partial charge in [0.25, 0.3) is 0 Å². The molecule has 1 N–H and O–H groups in total. The molecule has 2 saturated heterocycles. The number of morpholine rings is 1. The molecular formula is C22H30N2O3. The minimum Gasteiger partial charge on any atom is -0.378 e. The van der Waals surface area contributed by atoms with Crippen molar-refractivity contribution in [3.05, 3.63) is 35.4 Å². The maximum Gasteiger partial charge on any atom is 0.317 e. The Bertz CT molecular complexity index is 734. The fourth-order valence-corrected chi connectivity index (χ4v) is 5.76. The molecule has 4 aliphatic rings. The molecule has 1 aromatic carbocycles. The molecule has 2 aliphatic heterocycles. The van der Waals surface area contributed by atoms with E-state index in [1.165, 1.54) is 17.5 Å². The van der Waals surface area contributed by atoms with Gasteiger partial charge in [0, 0.05) is 38.0 Å². The third-order valence-corrected chi connectivity index (χ3v) is 6.93. The SMILES string of the molecule is CC1CC2(CCO1)CN(C(=O)NC1C3CCc4ccccc4C31)CC(C)O2. The summed E-state index contributed by atoms with van der Waals surface area (Å²) in [4.78, 5) is 15.1. The van der Waals surface area contributed by atoms with E-state index >= 15 is 0 Å². The topological polar surface area (TPSA) is 50.8 Å². The van der Waals surface area contributed by atoms with E-state index in [2.05, 4.69) is 43.4 Å². The minimum absolute atomic E-state index is 0.0667. The largest absolute Gasteiger partial charge is 0.378 e. The van der Waals surface area contributed by atoms with Crippen LogP contribution in [0.2, 0.25) is 0 Å². The van der Waals surface area contributed by atoms with Crippen LogP contribution in [0.5, 0.6) is 0 Å². The summed E-state index contributed by atoms with van der Waals surface area (Å²) in [5, 5.41) is 3.36. The molecule has 5 nitrogen and oxygen atoms in total. The second kappa shape index (κ2) is 6.49. The molecule has 6 atom stereocenters. The maximum atomic E-state index is 13.1. The summed E-state index contributed by atoms with van der Waals surface area (Å²) in [6.07, 6.45) is 4.31. The minimum atomic E-state index is -0.240. The van der Waals surface area contributed by atoms with Gasteiger partial charge in [0.05, 0.1) is 24.4 Å². The summed E-state index contributed by atoms with van der Waals surface area (Å²) in [5.74, 6) is 1.12. The highest BCUT2D eigenvalue weighted by Crippen LogP contribution is 2.54. The molecular weight excluding hydrogens is 340 g/mol. The van der Waals surface area contributed by atoms with E-state index in [9.17, 15) is 4.79 Å². The summed E-state index contributed by atoms with van der Waals surface area (Å²) < 4.78 is 12.0. The van der Waals surface area contributed by atoms with Gasteiger partial charge in [-0.1, -0.05) is 24.3 Å². The molecule has 2 heterocycles. The zero-order valence-electron chi connectivity index (χ0n) is 16.3. The quantitative estimate of drug-likeness (QED) is 0.827. The number of carbonyl (C=O) groups excluding carboxylic acids is 1. The lowest BCUT2D eigenvalue weighted by molar-refractivity contribution is -0.189. The molecule has 146 valence electrons. The first kappa shape index (κ1) is 17.5. The Morgan fingerprint density at radius 1 is 1.26 bits per heavy atom. The Morgan fingerprint density at radius 2 is 2.11 bits per heavy atom. The fraction of sp³-hybridized carbons (Fsp3) is 0.682. The lowest BCUT2D eigenvalue weighted by Crippen LogP contribution is -2.61. The van der Waals surface area contributed by atoms with Gasteiger partial charge in [-0.3, -0.25) is 0 Å². The van der Waals surface area contributed by atoms with E-state index < -0.39 is 0 Å². The lowest BCUT2D eigenvalue weighted by Gasteiger charge is -2.48. The van der Waals surface area contributed by atoms with Crippen molar-refractivity contribution in [1.82, 2.24) is 10.2 Å². The molecule has 1 spiro atoms. The second-order valence-electron chi connectivity index (χ2n) is 9.03. The van der Waals surface area contributed by atoms with Crippen LogP contribution in [0.3, 0.4) is 0 Å². The molecule has 6 unspecified atom stereocenters. The number of urea groups is 1. The number of benzene rings is 1. The molecule has 2 amide bonds. The lowest BCUT2D eigenvalue weighted by atomic mass is 9.88. The number of fused-ring (bicyclic) bond motifs is 3. The highest BCUT2D eigenvalue weighted by Gasteiger charge is 2.54. The molecule has 0 aromatic heterocycles. The first-order valence-electron chi connectivity index (χ1n) is 10.5. The predicted molar refractivity (Wildman–Crippen MR) is 103 cm³/mol. The van der Waals surface area contributed by atoms with Crippen LogP contribution in [0, 0.1) is 5.92 Å². The summed E-state index contributed by atoms with van der Waals surface area (Å²) >= 11 is 0. The van der Waals surface area contributed by atoms with Gasteiger partial charge in [0.15, 0.2) is 0 Å². The second-order valence-corrected chi connectivity index (χ2v) is 9.03. The van der Waals surface area contributed by atoms with Gasteiger partial charge < -0.3 is 19.7 Å². The standard InChI is InChI=1S/C22H30N2O3/c1-14-11-22(9-10-26-14)13-24(12-15(2)27-22)21(25)23-20-18-8-7-16-5-3-4-6-17(16)19(18)20/h3-6,14-15,18-20H,7-13H2,1-2H3,(H,23,25). The van der Waals surface area contributed by atoms with Crippen LogP contribution in [0.15, 0.2) is 24.3 Å². The van der Waals surface area contributed by atoms with Crippen LogP contribution >= 0.6 is 0 Å². The smallest absolute Gasteiger partial charge is 0.317 e. The molecule has 5 rings (SSSR count). The number of nitrogens with one attached hydrogen (secondary N) is 1. The molecule has 3 fully saturated rings. The summed E-state index contributed by atoms with van der Waals surface area (Å²) in [7, 11) is 0. The van der Waals surface area contributed by atoms with Gasteiger partial charge in [-0.2, -0.15) is 0 Å². The van der Waals surface area contributed by atoms with E-state index in [-0.39, 0.29) is 23.8 Å². The molecule has 0 bridgehead atoms. The molecule has 5 heteroatoms. The van der Waals surface area contributed by atoms with Crippen molar-refractivity contribution in [3.8, 4) is 0 Å². The molecule has 27 heavy (non-hydrogen) atoms. The Balaban J connectivity index is 1.27. The first-order chi connectivity index (χ1) is 13.0. The highest BCUT2D eigenvalue weighted by atomic mass is 16.5. The number of carbonyl (C=O) groups is 1. The van der Waals surface area contributed by atoms with Crippen LogP contribution in [0.25, 0.3) is 0 Å². The average molecular weight is 370 g/mol. The van der Waals surface area contributed by atoms with Crippen LogP contribution < -0.4 is 5.32 Å². The molecule has 2 aliphatic carbocycles. The summed E-state index contributed by atoms with van der Waals surface area (Å²) in [6, 6.07) is 9.11. The number of amides is 2. The van der Waals surface area contributed by atoms with Crippen molar-refractivity contribution in [3.63, 3.8) is 0 Å². The van der Waals surface area contributed by atoms with Gasteiger partial charge >= 0.3 is 6.03 Å². The number of aryl methyl sites for hydroxylation is 1. The normalized spacial score (nSPS) is 40.2. The zero-order valence-corrected chi connectivity index (χ0v) is 16.3. The molecule has 1 aromatic rings. The fourth-order valence-electron chi connectivity index (χ4n) is 5.76. The Kier molecular flexibility index (Phi) is 4.21. The number of ether oxygens (including phenoxy) is 2. The van der Waals surface area contributed by atoms with Gasteiger partial charge in [0.2, 0.25) is 0 Å². The Morgan fingerprint density at radius 3 is 2.96 bits per heavy atom. The number of rotatable bonds is 1. The van der Waals surface area contributed by atoms with Crippen molar-refractivity contribution in [2.45, 2.75) is 69.3 Å². The number of hydrogen-bond acceptors (Lipinski definition) is 3.